The third-order valence-corrected chi connectivity index (χ3v) is 4.89. The van der Waals surface area contributed by atoms with E-state index in [4.69, 9.17) is 5.11 Å². The molecular weight excluding hydrogens is 215 g/mol. The van der Waals surface area contributed by atoms with Gasteiger partial charge in [-0.2, -0.15) is 0 Å². The molecule has 0 aromatic carbocycles. The van der Waals surface area contributed by atoms with Crippen molar-refractivity contribution < 1.29 is 5.11 Å². The van der Waals surface area contributed by atoms with E-state index in [1.54, 1.807) is 0 Å². The molecular formula is C6H9IO. The van der Waals surface area contributed by atoms with Gasteiger partial charge >= 0.3 is 56.3 Å². The Bertz CT molecular complexity index is 118. The summed E-state index contributed by atoms with van der Waals surface area (Å²) in [4.78, 5) is 0. The standard InChI is InChI=1S/C6H9IO/c8-6-7-4-2-1-3-5-7/h1-4,8H,5-6H2. The number of hydrogen-bond donors (Lipinski definition) is 1. The van der Waals surface area contributed by atoms with Gasteiger partial charge in [-0.05, 0) is 0 Å². The Kier molecular flexibility index (Phi) is 2.55. The van der Waals surface area contributed by atoms with Crippen molar-refractivity contribution >= 4 is 19.8 Å². The SMILES string of the molecule is OCI1C=CC=CC1. The summed E-state index contributed by atoms with van der Waals surface area (Å²) >= 11 is -0.970. The number of aliphatic hydroxyl groups excluding tert-OH is 1. The molecule has 0 amide bonds. The Morgan fingerprint density at radius 1 is 1.50 bits per heavy atom. The van der Waals surface area contributed by atoms with Crippen LogP contribution >= 0.6 is 19.8 Å². The second-order valence-electron chi connectivity index (χ2n) is 1.52. The van der Waals surface area contributed by atoms with Crippen LogP contribution < -0.4 is 0 Å². The first kappa shape index (κ1) is 6.29. The number of rotatable bonds is 1. The molecule has 8 heavy (non-hydrogen) atoms. The fraction of sp³-hybridized carbons (Fsp3) is 0.333. The monoisotopic (exact) mass is 224 g/mol. The van der Waals surface area contributed by atoms with Gasteiger partial charge in [0.1, 0.15) is 0 Å². The fourth-order valence-electron chi connectivity index (χ4n) is 0.529. The quantitative estimate of drug-likeness (QED) is 0.529. The molecule has 2 heteroatoms. The van der Waals surface area contributed by atoms with Crippen LogP contribution in [0.15, 0.2) is 22.3 Å². The van der Waals surface area contributed by atoms with Gasteiger partial charge in [-0.15, -0.1) is 0 Å². The molecule has 1 aliphatic rings. The van der Waals surface area contributed by atoms with Gasteiger partial charge in [-0.25, -0.2) is 0 Å². The zero-order chi connectivity index (χ0) is 5.82. The van der Waals surface area contributed by atoms with Crippen molar-refractivity contribution in [3.05, 3.63) is 22.3 Å². The predicted molar refractivity (Wildman–Crippen MR) is 44.3 cm³/mol. The van der Waals surface area contributed by atoms with Gasteiger partial charge in [0.25, 0.3) is 0 Å². The molecule has 0 fully saturated rings. The molecule has 0 radical (unpaired) electrons. The first-order chi connectivity index (χ1) is 3.93. The van der Waals surface area contributed by atoms with Crippen LogP contribution in [0.2, 0.25) is 0 Å². The first-order valence-corrected chi connectivity index (χ1v) is 6.77. The van der Waals surface area contributed by atoms with Gasteiger partial charge < -0.3 is 0 Å². The third kappa shape index (κ3) is 1.59. The number of alkyl halides is 2. The second kappa shape index (κ2) is 3.25. The normalized spacial score (nSPS) is 21.9. The van der Waals surface area contributed by atoms with E-state index in [9.17, 15) is 0 Å². The molecule has 0 aliphatic carbocycles. The topological polar surface area (TPSA) is 20.2 Å². The molecule has 0 spiro atoms. The molecule has 1 N–H and O–H groups in total. The van der Waals surface area contributed by atoms with E-state index in [2.05, 4.69) is 10.2 Å². The van der Waals surface area contributed by atoms with Gasteiger partial charge in [-0.3, -0.25) is 0 Å². The van der Waals surface area contributed by atoms with Crippen molar-refractivity contribution in [1.29, 1.82) is 0 Å². The van der Waals surface area contributed by atoms with E-state index < -0.39 is 19.8 Å². The molecule has 46 valence electrons. The summed E-state index contributed by atoms with van der Waals surface area (Å²) in [6, 6.07) is 0. The molecule has 0 aromatic heterocycles. The van der Waals surface area contributed by atoms with Crippen LogP contribution in [0.3, 0.4) is 0 Å². The summed E-state index contributed by atoms with van der Waals surface area (Å²) in [6.07, 6.45) is 6.23. The molecule has 0 saturated carbocycles. The summed E-state index contributed by atoms with van der Waals surface area (Å²) in [5.41, 5.74) is 0. The number of aliphatic hydroxyl groups is 1. The maximum absolute atomic E-state index is 8.68. The Hall–Kier alpha value is 0.170. The second-order valence-corrected chi connectivity index (χ2v) is 6.64. The van der Waals surface area contributed by atoms with Crippen molar-refractivity contribution in [1.82, 2.24) is 0 Å². The van der Waals surface area contributed by atoms with Crippen LogP contribution in [0.5, 0.6) is 0 Å². The zero-order valence-electron chi connectivity index (χ0n) is 4.55. The average molecular weight is 224 g/mol. The van der Waals surface area contributed by atoms with Crippen LogP contribution in [-0.2, 0) is 0 Å². The number of allylic oxidation sites excluding steroid dienone is 3. The van der Waals surface area contributed by atoms with Crippen LogP contribution in [-0.4, -0.2) is 14.1 Å². The minimum absolute atomic E-state index is 0.435. The van der Waals surface area contributed by atoms with Crippen molar-refractivity contribution in [2.24, 2.45) is 0 Å². The molecule has 0 bridgehead atoms. The maximum atomic E-state index is 8.68. The predicted octanol–water partition coefficient (Wildman–Crippen LogP) is 1.53. The fourth-order valence-corrected chi connectivity index (χ4v) is 3.10. The zero-order valence-corrected chi connectivity index (χ0v) is 6.71. The molecule has 1 aliphatic heterocycles. The van der Waals surface area contributed by atoms with E-state index in [-0.39, 0.29) is 0 Å². The van der Waals surface area contributed by atoms with E-state index in [1.165, 1.54) is 0 Å². The van der Waals surface area contributed by atoms with E-state index >= 15 is 0 Å². The molecule has 0 unspecified atom stereocenters. The Labute approximate surface area is 56.5 Å². The summed E-state index contributed by atoms with van der Waals surface area (Å²) in [6.45, 7) is 0. The van der Waals surface area contributed by atoms with Gasteiger partial charge in [0.2, 0.25) is 0 Å². The summed E-state index contributed by atoms with van der Waals surface area (Å²) < 4.78 is 3.77. The summed E-state index contributed by atoms with van der Waals surface area (Å²) in [5.74, 6) is 0. The number of hydrogen-bond acceptors (Lipinski definition) is 1. The molecule has 0 atom stereocenters. The van der Waals surface area contributed by atoms with E-state index in [1.807, 2.05) is 12.2 Å². The Morgan fingerprint density at radius 3 is 2.75 bits per heavy atom. The molecule has 1 rings (SSSR count). The Balaban J connectivity index is 2.40. The van der Waals surface area contributed by atoms with Crippen molar-refractivity contribution in [2.45, 2.75) is 0 Å². The van der Waals surface area contributed by atoms with Crippen LogP contribution in [0.25, 0.3) is 0 Å². The summed E-state index contributed by atoms with van der Waals surface area (Å²) in [5, 5.41) is 8.68. The van der Waals surface area contributed by atoms with E-state index in [0.717, 1.165) is 4.43 Å². The first-order valence-electron chi connectivity index (χ1n) is 2.48. The summed E-state index contributed by atoms with van der Waals surface area (Å²) in [7, 11) is 0. The molecule has 0 aromatic rings. The molecule has 1 nitrogen and oxygen atoms in total. The number of halogens is 1. The molecule has 1 heterocycles. The average Bonchev–Trinajstić information content (AvgIpc) is 1.90. The van der Waals surface area contributed by atoms with Crippen molar-refractivity contribution in [3.8, 4) is 0 Å². The van der Waals surface area contributed by atoms with Crippen LogP contribution in [0.1, 0.15) is 0 Å². The van der Waals surface area contributed by atoms with E-state index in [0.29, 0.717) is 4.61 Å². The van der Waals surface area contributed by atoms with Crippen LogP contribution in [0.4, 0.5) is 0 Å². The van der Waals surface area contributed by atoms with Crippen molar-refractivity contribution in [3.63, 3.8) is 0 Å². The van der Waals surface area contributed by atoms with Gasteiger partial charge in [0, 0.05) is 0 Å². The molecule has 0 saturated heterocycles. The third-order valence-electron chi connectivity index (χ3n) is 0.939. The van der Waals surface area contributed by atoms with Crippen molar-refractivity contribution in [2.75, 3.05) is 9.04 Å². The van der Waals surface area contributed by atoms with Gasteiger partial charge in [0.15, 0.2) is 0 Å². The van der Waals surface area contributed by atoms with Gasteiger partial charge in [-0.1, -0.05) is 0 Å². The van der Waals surface area contributed by atoms with Crippen LogP contribution in [0, 0.1) is 0 Å². The minimum atomic E-state index is -0.970. The van der Waals surface area contributed by atoms with Gasteiger partial charge in [0.05, 0.1) is 0 Å². The Morgan fingerprint density at radius 2 is 2.38 bits per heavy atom.